The van der Waals surface area contributed by atoms with E-state index in [0.29, 0.717) is 0 Å². The number of hydrogen-bond acceptors (Lipinski definition) is 6. The lowest BCUT2D eigenvalue weighted by atomic mass is 9.98. The van der Waals surface area contributed by atoms with Gasteiger partial charge in [0.05, 0.1) is 13.2 Å². The molecule has 6 nitrogen and oxygen atoms in total. The summed E-state index contributed by atoms with van der Waals surface area (Å²) in [5.74, 6) is 0. The van der Waals surface area contributed by atoms with Gasteiger partial charge in [-0.15, -0.1) is 0 Å². The van der Waals surface area contributed by atoms with Gasteiger partial charge in [0.15, 0.2) is 12.6 Å². The van der Waals surface area contributed by atoms with Crippen LogP contribution in [0.3, 0.4) is 0 Å². The van der Waals surface area contributed by atoms with E-state index in [2.05, 4.69) is 0 Å². The van der Waals surface area contributed by atoms with Crippen LogP contribution in [-0.2, 0) is 25.6 Å². The van der Waals surface area contributed by atoms with Gasteiger partial charge in [-0.2, -0.15) is 0 Å². The van der Waals surface area contributed by atoms with Gasteiger partial charge in [0.2, 0.25) is 0 Å². The lowest BCUT2D eigenvalue weighted by molar-refractivity contribution is -0.362. The minimum absolute atomic E-state index is 0.249. The average Bonchev–Trinajstić information content (AvgIpc) is 2.71. The van der Waals surface area contributed by atoms with Gasteiger partial charge in [0.25, 0.3) is 0 Å². The monoisotopic (exact) mass is 358 g/mol. The molecule has 6 atom stereocenters. The summed E-state index contributed by atoms with van der Waals surface area (Å²) in [4.78, 5) is 0. The molecule has 4 rings (SSSR count). The molecule has 26 heavy (non-hydrogen) atoms. The molecule has 0 radical (unpaired) electrons. The zero-order valence-corrected chi connectivity index (χ0v) is 14.2. The van der Waals surface area contributed by atoms with Crippen LogP contribution in [0.15, 0.2) is 60.7 Å². The summed E-state index contributed by atoms with van der Waals surface area (Å²) < 4.78 is 23.1. The SMILES string of the molecule is O[C@H]1[C@@H]2O[C@H](c3ccccc3)OC[C@H]2OC(OCc2ccccc2)[C@@H]1O. The van der Waals surface area contributed by atoms with Gasteiger partial charge in [0.1, 0.15) is 24.4 Å². The van der Waals surface area contributed by atoms with Gasteiger partial charge in [-0.3, -0.25) is 0 Å². The second kappa shape index (κ2) is 7.84. The zero-order valence-electron chi connectivity index (χ0n) is 14.2. The molecule has 0 bridgehead atoms. The van der Waals surface area contributed by atoms with Crippen LogP contribution in [0.4, 0.5) is 0 Å². The van der Waals surface area contributed by atoms with E-state index in [4.69, 9.17) is 18.9 Å². The fourth-order valence-electron chi connectivity index (χ4n) is 3.25. The van der Waals surface area contributed by atoms with Gasteiger partial charge in [-0.05, 0) is 5.56 Å². The molecule has 0 aliphatic carbocycles. The number of aliphatic hydroxyl groups is 2. The predicted octanol–water partition coefficient (Wildman–Crippen LogP) is 1.76. The van der Waals surface area contributed by atoms with E-state index >= 15 is 0 Å². The van der Waals surface area contributed by atoms with Crippen LogP contribution in [-0.4, -0.2) is 47.5 Å². The number of benzene rings is 2. The van der Waals surface area contributed by atoms with E-state index < -0.39 is 37.0 Å². The van der Waals surface area contributed by atoms with Crippen LogP contribution in [0.25, 0.3) is 0 Å². The van der Waals surface area contributed by atoms with E-state index in [-0.39, 0.29) is 13.2 Å². The van der Waals surface area contributed by atoms with Crippen molar-refractivity contribution in [1.29, 1.82) is 0 Å². The molecule has 2 aromatic rings. The molecule has 2 aromatic carbocycles. The largest absolute Gasteiger partial charge is 0.387 e. The first-order valence-corrected chi connectivity index (χ1v) is 8.71. The number of ether oxygens (including phenoxy) is 4. The van der Waals surface area contributed by atoms with Crippen LogP contribution in [0.2, 0.25) is 0 Å². The molecular weight excluding hydrogens is 336 g/mol. The molecule has 2 aliphatic heterocycles. The smallest absolute Gasteiger partial charge is 0.187 e. The van der Waals surface area contributed by atoms with E-state index in [9.17, 15) is 10.2 Å². The summed E-state index contributed by atoms with van der Waals surface area (Å²) in [6, 6.07) is 19.1. The molecular formula is C20H22O6. The summed E-state index contributed by atoms with van der Waals surface area (Å²) in [7, 11) is 0. The molecule has 0 saturated carbocycles. The van der Waals surface area contributed by atoms with Crippen LogP contribution < -0.4 is 0 Å². The summed E-state index contributed by atoms with van der Waals surface area (Å²) in [6.07, 6.45) is -5.04. The van der Waals surface area contributed by atoms with Gasteiger partial charge in [0, 0.05) is 5.56 Å². The molecule has 2 heterocycles. The van der Waals surface area contributed by atoms with Crippen molar-refractivity contribution in [2.24, 2.45) is 0 Å². The Morgan fingerprint density at radius 1 is 0.885 bits per heavy atom. The molecule has 1 unspecified atom stereocenters. The number of hydrogen-bond donors (Lipinski definition) is 2. The van der Waals surface area contributed by atoms with E-state index in [1.807, 2.05) is 60.7 Å². The predicted molar refractivity (Wildman–Crippen MR) is 91.9 cm³/mol. The normalized spacial score (nSPS) is 34.2. The fourth-order valence-corrected chi connectivity index (χ4v) is 3.25. The van der Waals surface area contributed by atoms with Gasteiger partial charge in [-0.25, -0.2) is 0 Å². The Morgan fingerprint density at radius 3 is 2.31 bits per heavy atom. The van der Waals surface area contributed by atoms with Crippen molar-refractivity contribution in [2.45, 2.75) is 43.6 Å². The second-order valence-electron chi connectivity index (χ2n) is 6.50. The molecule has 138 valence electrons. The van der Waals surface area contributed by atoms with Crippen molar-refractivity contribution in [1.82, 2.24) is 0 Å². The highest BCUT2D eigenvalue weighted by molar-refractivity contribution is 5.17. The standard InChI is InChI=1S/C20H22O6/c21-16-17(22)20(23-11-13-7-3-1-4-8-13)25-15-12-24-19(26-18(15)16)14-9-5-2-6-10-14/h1-10,15-22H,11-12H2/t15-,16-,17-,18-,19-,20?/m1/s1. The van der Waals surface area contributed by atoms with E-state index in [1.165, 1.54) is 0 Å². The zero-order chi connectivity index (χ0) is 17.9. The Balaban J connectivity index is 1.40. The lowest BCUT2D eigenvalue weighted by Crippen LogP contribution is -2.62. The molecule has 0 amide bonds. The first-order chi connectivity index (χ1) is 12.7. The maximum Gasteiger partial charge on any atom is 0.187 e. The Kier molecular flexibility index (Phi) is 5.31. The van der Waals surface area contributed by atoms with Gasteiger partial charge in [-0.1, -0.05) is 60.7 Å². The second-order valence-corrected chi connectivity index (χ2v) is 6.50. The van der Waals surface area contributed by atoms with Crippen LogP contribution in [0, 0.1) is 0 Å². The third-order valence-corrected chi connectivity index (χ3v) is 4.66. The maximum atomic E-state index is 10.5. The summed E-state index contributed by atoms with van der Waals surface area (Å²) >= 11 is 0. The fraction of sp³-hybridized carbons (Fsp3) is 0.400. The number of rotatable bonds is 4. The average molecular weight is 358 g/mol. The Morgan fingerprint density at radius 2 is 1.58 bits per heavy atom. The highest BCUT2D eigenvalue weighted by atomic mass is 16.8. The highest BCUT2D eigenvalue weighted by Crippen LogP contribution is 2.34. The van der Waals surface area contributed by atoms with Crippen molar-refractivity contribution < 1.29 is 29.2 Å². The summed E-state index contributed by atoms with van der Waals surface area (Å²) in [5.41, 5.74) is 1.82. The van der Waals surface area contributed by atoms with Crippen LogP contribution in [0.1, 0.15) is 17.4 Å². The minimum Gasteiger partial charge on any atom is -0.387 e. The molecule has 2 fully saturated rings. The molecule has 2 N–H and O–H groups in total. The first-order valence-electron chi connectivity index (χ1n) is 8.71. The van der Waals surface area contributed by atoms with Crippen molar-refractivity contribution in [2.75, 3.05) is 6.61 Å². The Bertz CT molecular complexity index is 692. The van der Waals surface area contributed by atoms with Crippen molar-refractivity contribution in [3.05, 3.63) is 71.8 Å². The third kappa shape index (κ3) is 3.66. The molecule has 6 heteroatoms. The van der Waals surface area contributed by atoms with E-state index in [0.717, 1.165) is 11.1 Å². The lowest BCUT2D eigenvalue weighted by Gasteiger charge is -2.46. The van der Waals surface area contributed by atoms with Crippen molar-refractivity contribution in [3.8, 4) is 0 Å². The molecule has 2 aliphatic rings. The van der Waals surface area contributed by atoms with E-state index in [1.54, 1.807) is 0 Å². The van der Waals surface area contributed by atoms with Crippen LogP contribution in [0.5, 0.6) is 0 Å². The molecule has 0 aromatic heterocycles. The maximum absolute atomic E-state index is 10.5. The Hall–Kier alpha value is -1.80. The summed E-state index contributed by atoms with van der Waals surface area (Å²) in [5, 5.41) is 20.9. The number of aliphatic hydroxyl groups excluding tert-OH is 2. The van der Waals surface area contributed by atoms with Gasteiger partial charge >= 0.3 is 0 Å². The van der Waals surface area contributed by atoms with Crippen molar-refractivity contribution >= 4 is 0 Å². The topological polar surface area (TPSA) is 77.4 Å². The number of fused-ring (bicyclic) bond motifs is 1. The first kappa shape index (κ1) is 17.6. The minimum atomic E-state index is -1.20. The Labute approximate surface area is 151 Å². The third-order valence-electron chi connectivity index (χ3n) is 4.66. The highest BCUT2D eigenvalue weighted by Gasteiger charge is 2.49. The molecule has 2 saturated heterocycles. The summed E-state index contributed by atoms with van der Waals surface area (Å²) in [6.45, 7) is 0.528. The van der Waals surface area contributed by atoms with Crippen molar-refractivity contribution in [3.63, 3.8) is 0 Å². The molecule has 0 spiro atoms. The van der Waals surface area contributed by atoms with Gasteiger partial charge < -0.3 is 29.2 Å². The quantitative estimate of drug-likeness (QED) is 0.867. The van der Waals surface area contributed by atoms with Crippen LogP contribution >= 0.6 is 0 Å².